The van der Waals surface area contributed by atoms with Crippen LogP contribution in [-0.4, -0.2) is 261 Å². The number of ether oxygens (including phenoxy) is 5. The van der Waals surface area contributed by atoms with Crippen LogP contribution < -0.4 is 72.0 Å². The lowest BCUT2D eigenvalue weighted by atomic mass is 9.96. The maximum atomic E-state index is 15.2. The summed E-state index contributed by atoms with van der Waals surface area (Å²) in [4.78, 5) is 136. The van der Waals surface area contributed by atoms with Gasteiger partial charge >= 0.3 is 6.09 Å². The third kappa shape index (κ3) is 20.4. The van der Waals surface area contributed by atoms with Gasteiger partial charge in [0.2, 0.25) is 29.5 Å². The van der Waals surface area contributed by atoms with Crippen LogP contribution in [0.2, 0.25) is 0 Å². The molecular weight excluding hydrogens is 1350 g/mol. The van der Waals surface area contributed by atoms with E-state index in [1.54, 1.807) is 5.38 Å². The minimum Gasteiger partial charge on any atom is -0.441 e. The van der Waals surface area contributed by atoms with E-state index >= 15 is 4.79 Å². The number of aliphatic hydroxyl groups is 8. The van der Waals surface area contributed by atoms with Crippen molar-refractivity contribution in [2.24, 2.45) is 45.3 Å². The number of aliphatic imine (C=N–C) groups is 1. The van der Waals surface area contributed by atoms with Gasteiger partial charge in [-0.05, 0) is 39.5 Å². The minimum absolute atomic E-state index is 0.00935. The van der Waals surface area contributed by atoms with Crippen molar-refractivity contribution in [1.82, 2.24) is 61.8 Å². The molecule has 43 heteroatoms. The van der Waals surface area contributed by atoms with Crippen molar-refractivity contribution < 1.29 is 103 Å². The molecule has 1 saturated carbocycles. The monoisotopic (exact) mass is 1440 g/mol. The predicted molar refractivity (Wildman–Crippen MR) is 342 cm³/mol. The number of hydrogen-bond acceptors (Lipinski definition) is 32. The Bertz CT molecular complexity index is 3470. The highest BCUT2D eigenvalue weighted by Crippen LogP contribution is 2.39. The second-order valence-corrected chi connectivity index (χ2v) is 25.6. The summed E-state index contributed by atoms with van der Waals surface area (Å²) < 4.78 is 28.8. The second-order valence-electron chi connectivity index (χ2n) is 23.6. The van der Waals surface area contributed by atoms with Crippen LogP contribution in [-0.2, 0) is 54.1 Å². The summed E-state index contributed by atoms with van der Waals surface area (Å²) in [6, 6.07) is -7.82. The molecule has 4 aromatic heterocycles. The highest BCUT2D eigenvalue weighted by Gasteiger charge is 2.55. The van der Waals surface area contributed by atoms with Gasteiger partial charge in [0.05, 0.1) is 78.4 Å². The summed E-state index contributed by atoms with van der Waals surface area (Å²) in [5.74, 6) is -8.67. The smallest absolute Gasteiger partial charge is 0.404 e. The molecule has 0 aromatic carbocycles. The molecule has 546 valence electrons. The average Bonchev–Trinajstić information content (AvgIpc) is 1.56. The van der Waals surface area contributed by atoms with E-state index in [-0.39, 0.29) is 67.1 Å². The normalized spacial score (nSPS) is 24.2. The summed E-state index contributed by atoms with van der Waals surface area (Å²) in [6.07, 6.45) is -20.7. The number of anilines is 1. The summed E-state index contributed by atoms with van der Waals surface area (Å²) in [7, 11) is 0. The third-order valence-electron chi connectivity index (χ3n) is 16.2. The van der Waals surface area contributed by atoms with E-state index < -0.39 is 182 Å². The van der Waals surface area contributed by atoms with Gasteiger partial charge in [-0.3, -0.25) is 38.6 Å². The molecule has 29 N–H and O–H groups in total. The Morgan fingerprint density at radius 1 is 0.828 bits per heavy atom. The number of nitrogens with zero attached hydrogens (tertiary/aromatic N) is 6. The highest BCUT2D eigenvalue weighted by atomic mass is 32.1. The van der Waals surface area contributed by atoms with Crippen LogP contribution >= 0.6 is 22.7 Å². The van der Waals surface area contributed by atoms with E-state index in [1.807, 2.05) is 0 Å². The molecule has 0 radical (unpaired) electrons. The number of rotatable bonds is 36. The largest absolute Gasteiger partial charge is 0.441 e. The molecule has 99 heavy (non-hydrogen) atoms. The Kier molecular flexibility index (Phi) is 27.6. The number of aromatic amines is 1. The van der Waals surface area contributed by atoms with Crippen LogP contribution in [0.4, 0.5) is 10.6 Å². The number of amides is 8. The molecule has 18 atom stereocenters. The lowest BCUT2D eigenvalue weighted by Crippen LogP contribution is -2.65. The second kappa shape index (κ2) is 35.1. The zero-order chi connectivity index (χ0) is 72.7. The average molecular weight is 1440 g/mol. The molecule has 41 nitrogen and oxygen atoms in total. The predicted octanol–water partition coefficient (Wildman–Crippen LogP) is -8.77. The molecular formula is C56H84N20O21S2. The van der Waals surface area contributed by atoms with Gasteiger partial charge < -0.3 is 142 Å². The number of carbonyl (C=O) groups is 8. The SMILES string of the molecule is Cc1c(N)nc(C(CC(N)=O)NCC(N)C(N)=O)nc1C(=O)NC(C(=O)NC(C)C(O)C(C)C(=O)NC(C(=O)NCCc1nc(-c2ncc(C(=O)NCCCCN=C(N)N)s2)cs1)C1(O)CC1)C(OC1OC(CO)C(O)C(O)C1OC1OC(CO)C(O)C(OC(N)=O)C1O)c1cnc[nH]1. The maximum Gasteiger partial charge on any atom is 0.404 e. The molecule has 8 amide bonds. The number of hydrogen-bond donors (Lipinski definition) is 22. The van der Waals surface area contributed by atoms with Crippen LogP contribution in [0.5, 0.6) is 0 Å². The van der Waals surface area contributed by atoms with E-state index in [2.05, 4.69) is 66.8 Å². The Labute approximate surface area is 571 Å². The molecule has 3 aliphatic rings. The number of carbonyl (C=O) groups excluding carboxylic acids is 8. The number of imidazole rings is 1. The fourth-order valence-electron chi connectivity index (χ4n) is 10.3. The van der Waals surface area contributed by atoms with Crippen LogP contribution in [0.25, 0.3) is 10.7 Å². The lowest BCUT2D eigenvalue weighted by molar-refractivity contribution is -0.372. The van der Waals surface area contributed by atoms with E-state index in [9.17, 15) is 74.4 Å². The molecule has 7 rings (SSSR count). The lowest BCUT2D eigenvalue weighted by Gasteiger charge is -2.47. The van der Waals surface area contributed by atoms with Crippen molar-refractivity contribution in [2.75, 3.05) is 45.1 Å². The van der Waals surface area contributed by atoms with Gasteiger partial charge in [-0.2, -0.15) is 0 Å². The zero-order valence-corrected chi connectivity index (χ0v) is 55.2. The summed E-state index contributed by atoms with van der Waals surface area (Å²) >= 11 is 2.40. The van der Waals surface area contributed by atoms with Crippen molar-refractivity contribution in [1.29, 1.82) is 0 Å². The minimum atomic E-state index is -2.20. The van der Waals surface area contributed by atoms with Crippen molar-refractivity contribution in [3.8, 4) is 10.7 Å². The van der Waals surface area contributed by atoms with Crippen molar-refractivity contribution >= 4 is 81.9 Å². The molecule has 0 bridgehead atoms. The molecule has 2 aliphatic heterocycles. The maximum absolute atomic E-state index is 15.2. The molecule has 1 aliphatic carbocycles. The number of primary amides is 3. The number of H-pyrrole nitrogens is 1. The standard InChI is InChI=1S/C56H84N20O21S2/c1-20-32(73-45(76-43(20)59)24(12-30(58)79)68-13-23(57)44(60)85)48(88)74-33(39(25-14-64-19-70-25)95-53-41(37(83)35(81)27(16-77)94-53)96-52-38(84)40(97-55(63)91)36(82)28(17-78)93-52)49(89)71-22(3)34(80)21(2)46(86)75-42(56(92)7-8-56)50(90)66-11-6-31-72-26(18-98-31)51-69-15-29(99-51)47(87)65-9-4-5-10-67-54(61)62/h14-15,18-19,21-24,27-28,33-42,52-53,68,77-78,80-84,92H,4-13,16-17,57H2,1-3H3,(H2,58,79)(H2,60,85)(H2,63,91)(H,64,70)(H,65,87)(H,66,90)(H,71,89)(H,74,88)(H,75,86)(H2,59,73,76)(H4,61,62,67). The number of nitrogen functional groups attached to an aromatic ring is 1. The molecule has 3 fully saturated rings. The van der Waals surface area contributed by atoms with Crippen molar-refractivity contribution in [2.45, 2.75) is 169 Å². The van der Waals surface area contributed by atoms with Crippen LogP contribution in [0.3, 0.4) is 0 Å². The van der Waals surface area contributed by atoms with Crippen LogP contribution in [0.1, 0.15) is 100 Å². The van der Waals surface area contributed by atoms with Gasteiger partial charge in [-0.15, -0.1) is 22.7 Å². The van der Waals surface area contributed by atoms with E-state index in [1.165, 1.54) is 38.3 Å². The van der Waals surface area contributed by atoms with Gasteiger partial charge in [0.15, 0.2) is 24.6 Å². The van der Waals surface area contributed by atoms with Crippen LogP contribution in [0, 0.1) is 12.8 Å². The van der Waals surface area contributed by atoms with Gasteiger partial charge in [-0.1, -0.05) is 6.92 Å². The quantitative estimate of drug-likeness (QED) is 0.0114. The van der Waals surface area contributed by atoms with Gasteiger partial charge in [0.1, 0.15) is 93.8 Å². The first-order chi connectivity index (χ1) is 46.9. The van der Waals surface area contributed by atoms with Crippen LogP contribution in [0.15, 0.2) is 29.1 Å². The van der Waals surface area contributed by atoms with Crippen molar-refractivity contribution in [3.63, 3.8) is 0 Å². The molecule has 4 aromatic rings. The third-order valence-corrected chi connectivity index (χ3v) is 18.1. The number of nitrogens with two attached hydrogens (primary N) is 7. The van der Waals surface area contributed by atoms with Gasteiger partial charge in [0, 0.05) is 50.0 Å². The zero-order valence-electron chi connectivity index (χ0n) is 53.6. The number of unbranched alkanes of at least 4 members (excludes halogenated alkanes) is 1. The van der Waals surface area contributed by atoms with E-state index in [0.29, 0.717) is 46.5 Å². The molecule has 0 spiro atoms. The first-order valence-corrected chi connectivity index (χ1v) is 32.6. The number of nitrogens with one attached hydrogen (secondary N) is 7. The number of guanidine groups is 1. The van der Waals surface area contributed by atoms with E-state index in [4.69, 9.17) is 63.8 Å². The van der Waals surface area contributed by atoms with Gasteiger partial charge in [-0.25, -0.2) is 29.7 Å². The Morgan fingerprint density at radius 3 is 2.16 bits per heavy atom. The molecule has 6 heterocycles. The Morgan fingerprint density at radius 2 is 1.53 bits per heavy atom. The van der Waals surface area contributed by atoms with Gasteiger partial charge in [0.25, 0.3) is 11.8 Å². The molecule has 2 saturated heterocycles. The number of aromatic nitrogens is 6. The fourth-order valence-corrected chi connectivity index (χ4v) is 12.0. The summed E-state index contributed by atoms with van der Waals surface area (Å²) in [5.41, 5.74) is 36.8. The highest BCUT2D eigenvalue weighted by molar-refractivity contribution is 7.17. The number of thiazole rings is 2. The summed E-state index contributed by atoms with van der Waals surface area (Å²) in [5, 5.41) is 107. The topological polar surface area (TPSA) is 691 Å². The first kappa shape index (κ1) is 78.0. The Balaban J connectivity index is 1.12. The number of aliphatic hydroxyl groups excluding tert-OH is 7. The fraction of sp³-hybridized carbons (Fsp3) is 0.607. The Hall–Kier alpha value is -8.38. The first-order valence-electron chi connectivity index (χ1n) is 30.9. The van der Waals surface area contributed by atoms with E-state index in [0.717, 1.165) is 23.9 Å². The summed E-state index contributed by atoms with van der Waals surface area (Å²) in [6.45, 7) is 2.25. The van der Waals surface area contributed by atoms with Crippen molar-refractivity contribution in [3.05, 3.63) is 56.8 Å². The molecule has 18 unspecified atom stereocenters.